The highest BCUT2D eigenvalue weighted by atomic mass is 16.5. The minimum atomic E-state index is -0.123. The van der Waals surface area contributed by atoms with Gasteiger partial charge in [0.25, 0.3) is 5.91 Å². The Bertz CT molecular complexity index is 2190. The molecule has 61 heavy (non-hydrogen) atoms. The molecule has 5 aliphatic rings. The number of anilines is 2. The summed E-state index contributed by atoms with van der Waals surface area (Å²) in [5.74, 6) is 3.35. The van der Waals surface area contributed by atoms with Crippen molar-refractivity contribution < 1.29 is 14.3 Å². The highest BCUT2D eigenvalue weighted by Gasteiger charge is 2.40. The number of H-pyrrole nitrogens is 1. The van der Waals surface area contributed by atoms with Crippen LogP contribution in [0.25, 0.3) is 22.3 Å². The van der Waals surface area contributed by atoms with E-state index in [2.05, 4.69) is 90.4 Å². The number of fused-ring (bicyclic) bond motifs is 2. The summed E-state index contributed by atoms with van der Waals surface area (Å²) in [6, 6.07) is 14.6. The van der Waals surface area contributed by atoms with Gasteiger partial charge in [-0.1, -0.05) is 19.1 Å². The Labute approximate surface area is 360 Å². The Hall–Kier alpha value is -5.01. The second-order valence-corrected chi connectivity index (χ2v) is 18.4. The van der Waals surface area contributed by atoms with Crippen LogP contribution in [0.4, 0.5) is 11.5 Å². The lowest BCUT2D eigenvalue weighted by Gasteiger charge is -2.41. The molecule has 13 heteroatoms. The second kappa shape index (κ2) is 18.1. The quantitative estimate of drug-likeness (QED) is 0.120. The van der Waals surface area contributed by atoms with E-state index >= 15 is 0 Å². The van der Waals surface area contributed by atoms with Crippen molar-refractivity contribution in [3.8, 4) is 17.1 Å². The van der Waals surface area contributed by atoms with Crippen LogP contribution < -0.4 is 19.9 Å². The molecule has 4 fully saturated rings. The van der Waals surface area contributed by atoms with E-state index in [1.54, 1.807) is 6.33 Å². The highest BCUT2D eigenvalue weighted by molar-refractivity contribution is 5.99. The number of piperidine rings is 2. The largest absolute Gasteiger partial charge is 0.488 e. The first-order valence-corrected chi connectivity index (χ1v) is 23.0. The molecule has 4 aromatic rings. The first kappa shape index (κ1) is 41.3. The predicted molar refractivity (Wildman–Crippen MR) is 241 cm³/mol. The molecule has 9 rings (SSSR count). The van der Waals surface area contributed by atoms with Gasteiger partial charge in [0.2, 0.25) is 0 Å². The zero-order chi connectivity index (χ0) is 41.9. The molecule has 13 nitrogen and oxygen atoms in total. The standard InChI is InChI=1S/C48H64N10O3/c1-4-6-42(49-3)44(7-5-26-59)58-32-36-8-9-37(27-39(36)47(58)60)56-18-12-34(13-19-56)30-54-22-24-55(25-23-54)31-35-14-20-57(21-15-35)45-29-43(50-33-51-45)46-40-28-38(61-48(2)16-17-48)10-11-41(40)52-53-46/h6,8-11,26-29,33-35,44,49H,4-5,7,12-25,30-32H2,1-3H3,(H,52,53)/b42-6-. The minimum Gasteiger partial charge on any atom is -0.488 e. The van der Waals surface area contributed by atoms with E-state index in [-0.39, 0.29) is 17.6 Å². The van der Waals surface area contributed by atoms with Gasteiger partial charge in [-0.3, -0.25) is 9.89 Å². The first-order chi connectivity index (χ1) is 29.8. The number of amides is 1. The second-order valence-electron chi connectivity index (χ2n) is 18.4. The third-order valence-electron chi connectivity index (χ3n) is 14.1. The third kappa shape index (κ3) is 9.28. The van der Waals surface area contributed by atoms with Crippen molar-refractivity contribution in [1.29, 1.82) is 0 Å². The van der Waals surface area contributed by atoms with Crippen LogP contribution in [0.5, 0.6) is 5.75 Å². The number of ether oxygens (including phenoxy) is 1. The number of benzene rings is 2. The number of rotatable bonds is 16. The number of nitrogens with one attached hydrogen (secondary N) is 2. The van der Waals surface area contributed by atoms with Gasteiger partial charge in [-0.15, -0.1) is 0 Å². The van der Waals surface area contributed by atoms with Crippen LogP contribution in [0, 0.1) is 11.8 Å². The molecule has 3 saturated heterocycles. The van der Waals surface area contributed by atoms with Crippen molar-refractivity contribution in [3.63, 3.8) is 0 Å². The molecule has 324 valence electrons. The van der Waals surface area contributed by atoms with Gasteiger partial charge >= 0.3 is 0 Å². The molecule has 2 N–H and O–H groups in total. The van der Waals surface area contributed by atoms with E-state index in [1.165, 1.54) is 38.8 Å². The molecular formula is C48H64N10O3. The van der Waals surface area contributed by atoms with Crippen LogP contribution in [0.3, 0.4) is 0 Å². The maximum Gasteiger partial charge on any atom is 0.255 e. The maximum atomic E-state index is 13.8. The van der Waals surface area contributed by atoms with Crippen molar-refractivity contribution in [2.75, 3.05) is 82.3 Å². The zero-order valence-corrected chi connectivity index (χ0v) is 36.5. The first-order valence-electron chi connectivity index (χ1n) is 23.0. The normalized spacial score (nSPS) is 20.9. The number of hydrogen-bond acceptors (Lipinski definition) is 11. The number of piperazine rings is 1. The van der Waals surface area contributed by atoms with Gasteiger partial charge in [0.15, 0.2) is 0 Å². The fraction of sp³-hybridized carbons (Fsp3) is 0.562. The predicted octanol–water partition coefficient (Wildman–Crippen LogP) is 6.52. The van der Waals surface area contributed by atoms with Crippen molar-refractivity contribution in [2.45, 2.75) is 89.8 Å². The lowest BCUT2D eigenvalue weighted by Crippen LogP contribution is -2.50. The summed E-state index contributed by atoms with van der Waals surface area (Å²) >= 11 is 0. The number of aldehydes is 1. The molecule has 4 aliphatic heterocycles. The molecule has 1 atom stereocenters. The van der Waals surface area contributed by atoms with E-state index in [9.17, 15) is 9.59 Å². The lowest BCUT2D eigenvalue weighted by atomic mass is 9.94. The van der Waals surface area contributed by atoms with Crippen LogP contribution in [0.1, 0.15) is 87.6 Å². The Morgan fingerprint density at radius 1 is 0.918 bits per heavy atom. The summed E-state index contributed by atoms with van der Waals surface area (Å²) in [6.07, 6.45) is 13.6. The van der Waals surface area contributed by atoms with Crippen LogP contribution in [-0.4, -0.2) is 131 Å². The monoisotopic (exact) mass is 829 g/mol. The summed E-state index contributed by atoms with van der Waals surface area (Å²) in [6.45, 7) is 15.9. The van der Waals surface area contributed by atoms with Crippen LogP contribution >= 0.6 is 0 Å². The van der Waals surface area contributed by atoms with Gasteiger partial charge in [0.05, 0.1) is 17.3 Å². The van der Waals surface area contributed by atoms with Gasteiger partial charge in [0.1, 0.15) is 35.5 Å². The third-order valence-corrected chi connectivity index (χ3v) is 14.1. The molecule has 0 bridgehead atoms. The van der Waals surface area contributed by atoms with Gasteiger partial charge in [-0.25, -0.2) is 9.97 Å². The fourth-order valence-electron chi connectivity index (χ4n) is 10.2. The number of likely N-dealkylation sites (N-methyl/N-ethyl adjacent to an activating group) is 1. The van der Waals surface area contributed by atoms with E-state index in [0.29, 0.717) is 31.2 Å². The van der Waals surface area contributed by atoms with E-state index in [4.69, 9.17) is 9.72 Å². The topological polar surface area (TPSA) is 126 Å². The number of nitrogens with zero attached hydrogens (tertiary/aromatic N) is 8. The number of hydrogen-bond donors (Lipinski definition) is 2. The van der Waals surface area contributed by atoms with Crippen LogP contribution in [-0.2, 0) is 11.3 Å². The van der Waals surface area contributed by atoms with Gasteiger partial charge in [-0.05, 0) is 106 Å². The molecule has 0 radical (unpaired) electrons. The Balaban J connectivity index is 0.710. The van der Waals surface area contributed by atoms with Crippen molar-refractivity contribution in [3.05, 3.63) is 71.7 Å². The maximum absolute atomic E-state index is 13.8. The van der Waals surface area contributed by atoms with Crippen molar-refractivity contribution >= 4 is 34.6 Å². The van der Waals surface area contributed by atoms with Crippen molar-refractivity contribution in [1.82, 2.24) is 40.2 Å². The smallest absolute Gasteiger partial charge is 0.255 e. The molecule has 2 aromatic carbocycles. The fourth-order valence-corrected chi connectivity index (χ4v) is 10.2. The SMILES string of the molecule is CC/C=C(\NC)C(CCC=O)N1Cc2ccc(N3CCC(CN4CCN(CC5CCN(c6cc(-c7n[nH]c8ccc(OC9(C)CC9)cc78)ncn6)CC5)CC4)CC3)cc2C1=O. The summed E-state index contributed by atoms with van der Waals surface area (Å²) in [5.41, 5.74) is 6.69. The molecule has 1 aliphatic carbocycles. The van der Waals surface area contributed by atoms with Crippen molar-refractivity contribution in [2.24, 2.45) is 11.8 Å². The van der Waals surface area contributed by atoms with E-state index in [0.717, 1.165) is 134 Å². The summed E-state index contributed by atoms with van der Waals surface area (Å²) in [7, 11) is 1.90. The zero-order valence-electron chi connectivity index (χ0n) is 36.5. The molecule has 1 unspecified atom stereocenters. The Kier molecular flexibility index (Phi) is 12.3. The number of aromatic nitrogens is 4. The Morgan fingerprint density at radius 3 is 2.28 bits per heavy atom. The summed E-state index contributed by atoms with van der Waals surface area (Å²) in [5, 5.41) is 12.1. The average Bonchev–Trinajstić information content (AvgIpc) is 3.71. The Morgan fingerprint density at radius 2 is 1.62 bits per heavy atom. The molecular weight excluding hydrogens is 765 g/mol. The van der Waals surface area contributed by atoms with Crippen LogP contribution in [0.15, 0.2) is 60.6 Å². The number of carbonyl (C=O) groups excluding carboxylic acids is 2. The minimum absolute atomic E-state index is 0.0317. The molecule has 0 spiro atoms. The van der Waals surface area contributed by atoms with Crippen LogP contribution in [0.2, 0.25) is 0 Å². The van der Waals surface area contributed by atoms with Gasteiger partial charge in [0, 0.05) is 114 Å². The summed E-state index contributed by atoms with van der Waals surface area (Å²) < 4.78 is 6.25. The van der Waals surface area contributed by atoms with Gasteiger partial charge < -0.3 is 39.3 Å². The number of carbonyl (C=O) groups is 2. The van der Waals surface area contributed by atoms with E-state index < -0.39 is 0 Å². The lowest BCUT2D eigenvalue weighted by molar-refractivity contribution is -0.108. The molecule has 2 aromatic heterocycles. The summed E-state index contributed by atoms with van der Waals surface area (Å²) in [4.78, 5) is 46.6. The average molecular weight is 829 g/mol. The van der Waals surface area contributed by atoms with E-state index in [1.807, 2.05) is 24.1 Å². The molecule has 6 heterocycles. The van der Waals surface area contributed by atoms with Gasteiger partial charge in [-0.2, -0.15) is 5.10 Å². The highest BCUT2D eigenvalue weighted by Crippen LogP contribution is 2.41. The number of allylic oxidation sites excluding steroid dienone is 1. The number of aromatic amines is 1. The molecule has 1 saturated carbocycles. The molecule has 1 amide bonds.